The Hall–Kier alpha value is -3.52. The molecule has 12 heteroatoms. The summed E-state index contributed by atoms with van der Waals surface area (Å²) in [6.45, 7) is 5.77. The molecule has 3 fully saturated rings. The van der Waals surface area contributed by atoms with Crippen molar-refractivity contribution < 1.29 is 59.2 Å². The van der Waals surface area contributed by atoms with Gasteiger partial charge in [0.05, 0.1) is 36.3 Å². The molecule has 0 radical (unpaired) electrons. The van der Waals surface area contributed by atoms with Gasteiger partial charge in [-0.25, -0.2) is 4.79 Å². The Bertz CT molecular complexity index is 1720. The minimum atomic E-state index is -1.74. The third-order valence-corrected chi connectivity index (χ3v) is 11.3. The predicted octanol–water partition coefficient (Wildman–Crippen LogP) is 2.98. The van der Waals surface area contributed by atoms with Gasteiger partial charge >= 0.3 is 5.97 Å². The van der Waals surface area contributed by atoms with Gasteiger partial charge in [-0.05, 0) is 79.7 Å². The van der Waals surface area contributed by atoms with Crippen LogP contribution in [0.2, 0.25) is 0 Å². The molecule has 6 N–H and O–H groups in total. The van der Waals surface area contributed by atoms with Crippen LogP contribution in [-0.4, -0.2) is 99.0 Å². The van der Waals surface area contributed by atoms with Crippen molar-refractivity contribution >= 4 is 22.5 Å². The maximum Gasteiger partial charge on any atom is 0.335 e. The average Bonchev–Trinajstić information content (AvgIpc) is 3.40. The number of benzene rings is 2. The maximum absolute atomic E-state index is 12.4. The number of rotatable bonds is 5. The molecule has 0 aromatic heterocycles. The molecule has 2 saturated heterocycles. The molecule has 2 aromatic rings. The summed E-state index contributed by atoms with van der Waals surface area (Å²) in [5.41, 5.74) is 1.65. The first-order chi connectivity index (χ1) is 22.4. The minimum absolute atomic E-state index is 0.0260. The molecule has 7 rings (SSSR count). The van der Waals surface area contributed by atoms with Gasteiger partial charge in [0.15, 0.2) is 5.78 Å². The van der Waals surface area contributed by atoms with E-state index < -0.39 is 60.1 Å². The molecule has 2 aromatic carbocycles. The molecule has 3 aliphatic heterocycles. The normalized spacial score (nSPS) is 34.9. The molecule has 5 aliphatic rings. The van der Waals surface area contributed by atoms with Gasteiger partial charge in [0, 0.05) is 23.5 Å². The van der Waals surface area contributed by atoms with E-state index >= 15 is 0 Å². The minimum Gasteiger partial charge on any atom is -0.507 e. The van der Waals surface area contributed by atoms with Gasteiger partial charge in [-0.15, -0.1) is 0 Å². The van der Waals surface area contributed by atoms with Gasteiger partial charge in [0.25, 0.3) is 0 Å². The number of allylic oxidation sites excluding steroid dienone is 2. The first kappa shape index (κ1) is 32.0. The number of carbonyl (C=O) groups is 2. The first-order valence-corrected chi connectivity index (χ1v) is 16.1. The SMILES string of the molecule is CC(=O)c1c(C)c(O)c2cc(C(=O)O)cc(O[C@H]3O[C@H](CO)[C@@]4(C[C@@H]5C6=C(CC=C6[C@H]6COCC[C@@H]6[C@@H]5C)CO4)[C@H](O)[C@H]3O)c2c1O. The van der Waals surface area contributed by atoms with Crippen LogP contribution < -0.4 is 4.74 Å². The van der Waals surface area contributed by atoms with Crippen LogP contribution in [0.4, 0.5) is 0 Å². The number of hydrogen-bond acceptors (Lipinski definition) is 11. The lowest BCUT2D eigenvalue weighted by Gasteiger charge is -2.53. The average molecular weight is 653 g/mol. The van der Waals surface area contributed by atoms with Crippen molar-refractivity contribution in [2.75, 3.05) is 26.4 Å². The van der Waals surface area contributed by atoms with Crippen molar-refractivity contribution in [3.8, 4) is 17.2 Å². The summed E-state index contributed by atoms with van der Waals surface area (Å²) in [6, 6.07) is 2.21. The van der Waals surface area contributed by atoms with E-state index in [2.05, 4.69) is 13.0 Å². The Kier molecular flexibility index (Phi) is 7.89. The number of carboxylic acid groups (broad SMARTS) is 1. The lowest BCUT2D eigenvalue weighted by Crippen LogP contribution is -2.69. The van der Waals surface area contributed by atoms with Crippen LogP contribution >= 0.6 is 0 Å². The molecule has 252 valence electrons. The molecule has 1 spiro atoms. The third-order valence-electron chi connectivity index (χ3n) is 11.3. The molecule has 0 bridgehead atoms. The molecule has 3 heterocycles. The fourth-order valence-corrected chi connectivity index (χ4v) is 8.95. The number of ether oxygens (including phenoxy) is 4. The van der Waals surface area contributed by atoms with E-state index in [0.717, 1.165) is 24.1 Å². The molecule has 0 amide bonds. The van der Waals surface area contributed by atoms with Crippen molar-refractivity contribution in [2.24, 2.45) is 23.7 Å². The van der Waals surface area contributed by atoms with Crippen LogP contribution in [0, 0.1) is 30.6 Å². The summed E-state index contributed by atoms with van der Waals surface area (Å²) in [4.78, 5) is 24.5. The zero-order chi connectivity index (χ0) is 33.5. The van der Waals surface area contributed by atoms with E-state index in [4.69, 9.17) is 18.9 Å². The van der Waals surface area contributed by atoms with Gasteiger partial charge in [-0.3, -0.25) is 4.79 Å². The monoisotopic (exact) mass is 652 g/mol. The van der Waals surface area contributed by atoms with Crippen LogP contribution in [-0.2, 0) is 14.2 Å². The molecule has 1 saturated carbocycles. The van der Waals surface area contributed by atoms with Crippen LogP contribution in [0.5, 0.6) is 17.2 Å². The number of fused-ring (bicyclic) bond motifs is 3. The summed E-state index contributed by atoms with van der Waals surface area (Å²) in [7, 11) is 0. The zero-order valence-corrected chi connectivity index (χ0v) is 26.4. The fraction of sp³-hybridized carbons (Fsp3) is 0.543. The van der Waals surface area contributed by atoms with E-state index in [1.54, 1.807) is 0 Å². The standard InChI is InChI=1S/C35H40O12/c1-14-19-6-7-44-13-23(19)20-5-4-17-12-45-35(10-22(14)27(17)20)25(11-36)47-34(31(40)32(35)41)46-24-9-18(33(42)43)8-21-28(24)30(39)26(16(3)37)15(2)29(21)38/h5,8-9,14,19,22-23,25,31-32,34,36,38-41H,4,6-7,10-13H2,1-3H3,(H,42,43)/t14-,19+,22-,23-,25+,31+,32+,34-,35-/m0/s1. The smallest absolute Gasteiger partial charge is 0.335 e. The van der Waals surface area contributed by atoms with Crippen molar-refractivity contribution in [1.29, 1.82) is 0 Å². The Labute approximate surface area is 270 Å². The number of phenols is 2. The van der Waals surface area contributed by atoms with E-state index in [-0.39, 0.29) is 58.1 Å². The highest BCUT2D eigenvalue weighted by Gasteiger charge is 2.61. The molecule has 12 nitrogen and oxygen atoms in total. The number of hydrogen-bond donors (Lipinski definition) is 6. The second kappa shape index (κ2) is 11.6. The predicted molar refractivity (Wildman–Crippen MR) is 165 cm³/mol. The largest absolute Gasteiger partial charge is 0.507 e. The highest BCUT2D eigenvalue weighted by atomic mass is 16.7. The Morgan fingerprint density at radius 2 is 1.89 bits per heavy atom. The molecule has 47 heavy (non-hydrogen) atoms. The lowest BCUT2D eigenvalue weighted by molar-refractivity contribution is -0.325. The fourth-order valence-electron chi connectivity index (χ4n) is 8.95. The van der Waals surface area contributed by atoms with Gasteiger partial charge in [-0.1, -0.05) is 13.0 Å². The zero-order valence-electron chi connectivity index (χ0n) is 26.4. The van der Waals surface area contributed by atoms with E-state index in [9.17, 15) is 40.2 Å². The van der Waals surface area contributed by atoms with Crippen LogP contribution in [0.3, 0.4) is 0 Å². The van der Waals surface area contributed by atoms with Gasteiger partial charge in [0.2, 0.25) is 6.29 Å². The van der Waals surface area contributed by atoms with Crippen LogP contribution in [0.1, 0.15) is 59.4 Å². The number of carbonyl (C=O) groups excluding carboxylic acids is 1. The molecule has 9 atom stereocenters. The lowest BCUT2D eigenvalue weighted by atomic mass is 9.58. The number of phenolic OH excluding ortho intramolecular Hbond substituents is 2. The van der Waals surface area contributed by atoms with Crippen molar-refractivity contribution in [2.45, 2.75) is 70.2 Å². The summed E-state index contributed by atoms with van der Waals surface area (Å²) in [6.07, 6.45) is -2.00. The summed E-state index contributed by atoms with van der Waals surface area (Å²) >= 11 is 0. The summed E-state index contributed by atoms with van der Waals surface area (Å²) in [5, 5.41) is 65.8. The number of aromatic hydroxyl groups is 2. The number of aliphatic hydroxyl groups is 3. The Morgan fingerprint density at radius 1 is 1.13 bits per heavy atom. The highest BCUT2D eigenvalue weighted by molar-refractivity contribution is 6.11. The number of ketones is 1. The molecule has 0 unspecified atom stereocenters. The van der Waals surface area contributed by atoms with E-state index in [0.29, 0.717) is 31.5 Å². The second-order valence-electron chi connectivity index (χ2n) is 13.6. The Balaban J connectivity index is 1.26. The van der Waals surface area contributed by atoms with E-state index in [1.807, 2.05) is 0 Å². The second-order valence-corrected chi connectivity index (χ2v) is 13.6. The molecular weight excluding hydrogens is 612 g/mol. The van der Waals surface area contributed by atoms with Gasteiger partial charge in [-0.2, -0.15) is 0 Å². The van der Waals surface area contributed by atoms with Crippen molar-refractivity contribution in [3.05, 3.63) is 51.6 Å². The van der Waals surface area contributed by atoms with E-state index in [1.165, 1.54) is 25.0 Å². The van der Waals surface area contributed by atoms with Crippen LogP contribution in [0.15, 0.2) is 34.9 Å². The quantitative estimate of drug-likeness (QED) is 0.205. The third kappa shape index (κ3) is 4.72. The van der Waals surface area contributed by atoms with Crippen molar-refractivity contribution in [1.82, 2.24) is 0 Å². The topological polar surface area (TPSA) is 192 Å². The first-order valence-electron chi connectivity index (χ1n) is 16.1. The molecular formula is C35H40O12. The Morgan fingerprint density at radius 3 is 2.60 bits per heavy atom. The van der Waals surface area contributed by atoms with Gasteiger partial charge < -0.3 is 49.6 Å². The van der Waals surface area contributed by atoms with Crippen LogP contribution in [0.25, 0.3) is 10.8 Å². The summed E-state index contributed by atoms with van der Waals surface area (Å²) < 4.78 is 24.5. The maximum atomic E-state index is 12.4. The number of Topliss-reactive ketones (excluding diaryl/α,β-unsaturated/α-hetero) is 1. The number of aromatic carboxylic acids is 1. The molecule has 2 aliphatic carbocycles. The van der Waals surface area contributed by atoms with Crippen molar-refractivity contribution in [3.63, 3.8) is 0 Å². The highest BCUT2D eigenvalue weighted by Crippen LogP contribution is 2.57. The summed E-state index contributed by atoms with van der Waals surface area (Å²) in [5.74, 6) is -2.37. The number of aliphatic hydroxyl groups excluding tert-OH is 3. The van der Waals surface area contributed by atoms with Gasteiger partial charge in [0.1, 0.15) is 41.2 Å². The number of carboxylic acids is 1.